The van der Waals surface area contributed by atoms with Crippen molar-refractivity contribution in [3.63, 3.8) is 0 Å². The Hall–Kier alpha value is -5.34. The van der Waals surface area contributed by atoms with Gasteiger partial charge in [0.05, 0.1) is 11.4 Å². The van der Waals surface area contributed by atoms with E-state index < -0.39 is 0 Å². The first-order valence-corrected chi connectivity index (χ1v) is 15.5. The summed E-state index contributed by atoms with van der Waals surface area (Å²) < 4.78 is 0. The van der Waals surface area contributed by atoms with E-state index in [2.05, 4.69) is 135 Å². The highest BCUT2D eigenvalue weighted by atomic mass is 14.7. The molecule has 7 aromatic rings. The molecule has 1 heterocycles. The van der Waals surface area contributed by atoms with Gasteiger partial charge in [-0.25, -0.2) is 0 Å². The molecule has 2 nitrogen and oxygen atoms in total. The third-order valence-corrected chi connectivity index (χ3v) is 8.85. The van der Waals surface area contributed by atoms with Crippen molar-refractivity contribution in [2.24, 2.45) is 4.99 Å². The number of nitrogens with zero attached hydrogens (tertiary/aromatic N) is 2. The van der Waals surface area contributed by atoms with Gasteiger partial charge in [0.15, 0.2) is 0 Å². The van der Waals surface area contributed by atoms with Gasteiger partial charge in [-0.1, -0.05) is 124 Å². The molecule has 2 heteroatoms. The third-order valence-electron chi connectivity index (χ3n) is 8.85. The molecule has 0 atom stereocenters. The van der Waals surface area contributed by atoms with Crippen LogP contribution in [0.3, 0.4) is 0 Å². The first-order chi connectivity index (χ1) is 21.9. The Morgan fingerprint density at radius 1 is 0.689 bits per heavy atom. The maximum absolute atomic E-state index is 4.56. The fraction of sp³-hybridized carbons (Fsp3) is 0.116. The Bertz CT molecular complexity index is 2210. The average molecular weight is 581 g/mol. The molecule has 0 spiro atoms. The Kier molecular flexibility index (Phi) is 7.14. The van der Waals surface area contributed by atoms with Crippen molar-refractivity contribution in [3.05, 3.63) is 145 Å². The van der Waals surface area contributed by atoms with Gasteiger partial charge in [-0.05, 0) is 103 Å². The van der Waals surface area contributed by atoms with Crippen LogP contribution < -0.4 is 0 Å². The summed E-state index contributed by atoms with van der Waals surface area (Å²) in [5, 5.41) is 7.75. The smallest absolute Gasteiger partial charge is 0.0701 e. The molecule has 0 saturated carbocycles. The molecule has 0 radical (unpaired) electrons. The lowest BCUT2D eigenvalue weighted by atomic mass is 9.81. The Balaban J connectivity index is 1.48. The second kappa shape index (κ2) is 11.3. The predicted molar refractivity (Wildman–Crippen MR) is 195 cm³/mol. The molecule has 218 valence electrons. The molecular weight excluding hydrogens is 544 g/mol. The largest absolute Gasteiger partial charge is 0.264 e. The summed E-state index contributed by atoms with van der Waals surface area (Å²) in [4.78, 5) is 8.82. The summed E-state index contributed by atoms with van der Waals surface area (Å²) in [6, 6.07) is 40.0. The lowest BCUT2D eigenvalue weighted by molar-refractivity contribution is 0.591. The number of hydrogen-bond acceptors (Lipinski definition) is 2. The lowest BCUT2D eigenvalue weighted by Gasteiger charge is -2.23. The number of pyridine rings is 1. The summed E-state index contributed by atoms with van der Waals surface area (Å²) in [5.41, 5.74) is 10.2. The Morgan fingerprint density at radius 3 is 1.82 bits per heavy atom. The quantitative estimate of drug-likeness (QED) is 0.109. The number of benzene rings is 6. The van der Waals surface area contributed by atoms with E-state index in [1.807, 2.05) is 43.5 Å². The molecule has 0 amide bonds. The highest BCUT2D eigenvalue weighted by molar-refractivity contribution is 6.28. The van der Waals surface area contributed by atoms with Crippen LogP contribution in [0, 0.1) is 0 Å². The van der Waals surface area contributed by atoms with Crippen molar-refractivity contribution in [1.29, 1.82) is 0 Å². The molecular formula is C43H36N2. The highest BCUT2D eigenvalue weighted by Crippen LogP contribution is 2.45. The number of hydrogen-bond donors (Lipinski definition) is 0. The minimum Gasteiger partial charge on any atom is -0.264 e. The third kappa shape index (κ3) is 5.13. The van der Waals surface area contributed by atoms with Gasteiger partial charge in [0.2, 0.25) is 0 Å². The van der Waals surface area contributed by atoms with Crippen molar-refractivity contribution in [2.75, 3.05) is 0 Å². The van der Waals surface area contributed by atoms with Crippen molar-refractivity contribution in [3.8, 4) is 33.5 Å². The van der Waals surface area contributed by atoms with E-state index in [1.165, 1.54) is 60.1 Å². The van der Waals surface area contributed by atoms with Gasteiger partial charge in [-0.2, -0.15) is 0 Å². The maximum atomic E-state index is 4.56. The topological polar surface area (TPSA) is 25.2 Å². The van der Waals surface area contributed by atoms with Crippen LogP contribution in [0.5, 0.6) is 0 Å². The molecule has 0 saturated heterocycles. The minimum absolute atomic E-state index is 0.0678. The average Bonchev–Trinajstić information content (AvgIpc) is 3.07. The van der Waals surface area contributed by atoms with Crippen LogP contribution in [-0.2, 0) is 5.41 Å². The van der Waals surface area contributed by atoms with Gasteiger partial charge in [0.1, 0.15) is 0 Å². The monoisotopic (exact) mass is 580 g/mol. The summed E-state index contributed by atoms with van der Waals surface area (Å²) in [7, 11) is 0. The van der Waals surface area contributed by atoms with Crippen LogP contribution in [0.1, 0.15) is 38.8 Å². The summed E-state index contributed by atoms with van der Waals surface area (Å²) in [6.07, 6.45) is 7.84. The molecule has 0 aliphatic carbocycles. The van der Waals surface area contributed by atoms with Gasteiger partial charge in [0, 0.05) is 17.3 Å². The fourth-order valence-electron chi connectivity index (χ4n) is 6.43. The van der Waals surface area contributed by atoms with E-state index in [-0.39, 0.29) is 5.41 Å². The Morgan fingerprint density at radius 2 is 1.29 bits per heavy atom. The van der Waals surface area contributed by atoms with E-state index >= 15 is 0 Å². The van der Waals surface area contributed by atoms with E-state index in [1.54, 1.807) is 0 Å². The van der Waals surface area contributed by atoms with Crippen molar-refractivity contribution < 1.29 is 0 Å². The predicted octanol–water partition coefficient (Wildman–Crippen LogP) is 11.9. The zero-order chi connectivity index (χ0) is 31.1. The normalized spacial score (nSPS) is 12.6. The standard InChI is InChI=1S/C43H36N2/c1-6-7-10-39(44-5)30-16-12-28(13-17-30)37-27-38(29-14-18-31(19-15-29)40-11-8-9-24-45-40)36-23-21-33-26-34(43(2,3)4)25-32-20-22-35(37)42(36)41(32)33/h6-27H,5H2,1-4H3/b7-6-,39-10-. The second-order valence-corrected chi connectivity index (χ2v) is 12.7. The molecule has 45 heavy (non-hydrogen) atoms. The lowest BCUT2D eigenvalue weighted by Crippen LogP contribution is -2.10. The zero-order valence-corrected chi connectivity index (χ0v) is 26.3. The molecule has 7 rings (SSSR count). The molecule has 0 bridgehead atoms. The fourth-order valence-corrected chi connectivity index (χ4v) is 6.43. The first-order valence-electron chi connectivity index (χ1n) is 15.5. The maximum Gasteiger partial charge on any atom is 0.0701 e. The minimum atomic E-state index is 0.0678. The van der Waals surface area contributed by atoms with Crippen LogP contribution in [0.2, 0.25) is 0 Å². The number of aromatic nitrogens is 1. The van der Waals surface area contributed by atoms with E-state index in [4.69, 9.17) is 0 Å². The van der Waals surface area contributed by atoms with Gasteiger partial charge in [-0.3, -0.25) is 9.98 Å². The summed E-state index contributed by atoms with van der Waals surface area (Å²) in [5.74, 6) is 0. The SMILES string of the molecule is C=N/C(=C\C=C/C)c1ccc(-c2cc(-c3ccc(-c4ccccn4)cc3)c3ccc4cc(C(C)(C)C)cc5ccc2c3c54)cc1. The van der Waals surface area contributed by atoms with Crippen LogP contribution in [0.15, 0.2) is 139 Å². The second-order valence-electron chi connectivity index (χ2n) is 12.7. The molecule has 0 N–H and O–H groups in total. The van der Waals surface area contributed by atoms with Crippen LogP contribution in [-0.4, -0.2) is 11.7 Å². The Labute approximate surface area is 265 Å². The zero-order valence-electron chi connectivity index (χ0n) is 26.3. The van der Waals surface area contributed by atoms with Crippen LogP contribution >= 0.6 is 0 Å². The highest BCUT2D eigenvalue weighted by Gasteiger charge is 2.20. The molecule has 1 aromatic heterocycles. The van der Waals surface area contributed by atoms with Crippen molar-refractivity contribution >= 4 is 44.7 Å². The summed E-state index contributed by atoms with van der Waals surface area (Å²) >= 11 is 0. The first kappa shape index (κ1) is 28.4. The van der Waals surface area contributed by atoms with Gasteiger partial charge in [-0.15, -0.1) is 0 Å². The molecule has 6 aromatic carbocycles. The van der Waals surface area contributed by atoms with E-state index in [9.17, 15) is 0 Å². The van der Waals surface area contributed by atoms with E-state index in [0.717, 1.165) is 22.5 Å². The van der Waals surface area contributed by atoms with Gasteiger partial charge < -0.3 is 0 Å². The molecule has 0 aliphatic heterocycles. The van der Waals surface area contributed by atoms with Crippen molar-refractivity contribution in [1.82, 2.24) is 4.98 Å². The molecule has 0 unspecified atom stereocenters. The molecule has 0 aliphatic rings. The molecule has 0 fully saturated rings. The van der Waals surface area contributed by atoms with Gasteiger partial charge in [0.25, 0.3) is 0 Å². The van der Waals surface area contributed by atoms with Gasteiger partial charge >= 0.3 is 0 Å². The summed E-state index contributed by atoms with van der Waals surface area (Å²) in [6.45, 7) is 12.7. The van der Waals surface area contributed by atoms with Crippen molar-refractivity contribution in [2.45, 2.75) is 33.1 Å². The number of rotatable bonds is 6. The number of aliphatic imine (C=N–C) groups is 1. The van der Waals surface area contributed by atoms with E-state index in [0.29, 0.717) is 0 Å². The van der Waals surface area contributed by atoms with Crippen LogP contribution in [0.25, 0.3) is 71.5 Å². The number of allylic oxidation sites excluding steroid dienone is 3. The van der Waals surface area contributed by atoms with Crippen LogP contribution in [0.4, 0.5) is 0 Å².